The van der Waals surface area contributed by atoms with Crippen molar-refractivity contribution in [3.63, 3.8) is 0 Å². The molecule has 0 fully saturated rings. The van der Waals surface area contributed by atoms with Crippen molar-refractivity contribution in [2.75, 3.05) is 18.7 Å². The van der Waals surface area contributed by atoms with Crippen LogP contribution in [0.25, 0.3) is 0 Å². The van der Waals surface area contributed by atoms with Crippen molar-refractivity contribution in [2.24, 2.45) is 5.73 Å². The first kappa shape index (κ1) is 15.7. The number of hydrogen-bond donors (Lipinski definition) is 2. The summed E-state index contributed by atoms with van der Waals surface area (Å²) in [7, 11) is 1.66. The second-order valence-electron chi connectivity index (χ2n) is 4.58. The maximum absolute atomic E-state index is 5.89. The number of nitrogens with two attached hydrogens (primary N) is 1. The Bertz CT molecular complexity index is 671. The Morgan fingerprint density at radius 2 is 2.00 bits per heavy atom. The first-order chi connectivity index (χ1) is 10.1. The first-order valence-electron chi connectivity index (χ1n) is 6.45. The van der Waals surface area contributed by atoms with Gasteiger partial charge in [-0.2, -0.15) is 0 Å². The maximum atomic E-state index is 5.89. The summed E-state index contributed by atoms with van der Waals surface area (Å²) in [6, 6.07) is 12.0. The normalized spacial score (nSPS) is 10.2. The molecular formula is C16H18N2OS2. The van der Waals surface area contributed by atoms with Crippen LogP contribution in [-0.2, 0) is 0 Å². The molecule has 21 heavy (non-hydrogen) atoms. The Morgan fingerprint density at radius 1 is 1.24 bits per heavy atom. The van der Waals surface area contributed by atoms with E-state index in [4.69, 9.17) is 22.7 Å². The highest BCUT2D eigenvalue weighted by molar-refractivity contribution is 7.98. The Morgan fingerprint density at radius 3 is 2.62 bits per heavy atom. The van der Waals surface area contributed by atoms with Crippen molar-refractivity contribution in [1.82, 2.24) is 0 Å². The van der Waals surface area contributed by atoms with Crippen LogP contribution < -0.4 is 15.8 Å². The molecule has 5 heteroatoms. The molecule has 0 heterocycles. The van der Waals surface area contributed by atoms with Crippen molar-refractivity contribution in [2.45, 2.75) is 11.8 Å². The minimum absolute atomic E-state index is 0.383. The van der Waals surface area contributed by atoms with Crippen LogP contribution in [0.3, 0.4) is 0 Å². The number of benzene rings is 2. The summed E-state index contributed by atoms with van der Waals surface area (Å²) < 4.78 is 5.40. The van der Waals surface area contributed by atoms with Crippen LogP contribution in [-0.4, -0.2) is 18.4 Å². The van der Waals surface area contributed by atoms with E-state index < -0.39 is 0 Å². The van der Waals surface area contributed by atoms with Gasteiger partial charge in [-0.3, -0.25) is 0 Å². The number of ether oxygens (including phenoxy) is 1. The van der Waals surface area contributed by atoms with E-state index in [1.54, 1.807) is 18.9 Å². The Labute approximate surface area is 134 Å². The van der Waals surface area contributed by atoms with E-state index in [1.807, 2.05) is 49.6 Å². The van der Waals surface area contributed by atoms with Gasteiger partial charge in [-0.1, -0.05) is 24.4 Å². The average molecular weight is 318 g/mol. The SMILES string of the molecule is COc1ccc(C)cc1Nc1cccc(SC)c1C(N)=S. The van der Waals surface area contributed by atoms with Gasteiger partial charge in [-0.25, -0.2) is 0 Å². The Balaban J connectivity index is 2.49. The highest BCUT2D eigenvalue weighted by Gasteiger charge is 2.12. The van der Waals surface area contributed by atoms with E-state index in [9.17, 15) is 0 Å². The molecule has 0 spiro atoms. The number of aryl methyl sites for hydroxylation is 1. The Kier molecular flexibility index (Phi) is 5.09. The molecule has 0 amide bonds. The third-order valence-electron chi connectivity index (χ3n) is 3.12. The Hall–Kier alpha value is -1.72. The molecule has 3 nitrogen and oxygen atoms in total. The lowest BCUT2D eigenvalue weighted by Crippen LogP contribution is -2.13. The van der Waals surface area contributed by atoms with Crippen molar-refractivity contribution in [1.29, 1.82) is 0 Å². The lowest BCUT2D eigenvalue weighted by molar-refractivity contribution is 0.416. The number of thiocarbonyl (C=S) groups is 1. The predicted molar refractivity (Wildman–Crippen MR) is 95.1 cm³/mol. The third-order valence-corrected chi connectivity index (χ3v) is 4.10. The van der Waals surface area contributed by atoms with E-state index in [-0.39, 0.29) is 0 Å². The molecule has 0 radical (unpaired) electrons. The van der Waals surface area contributed by atoms with Gasteiger partial charge in [-0.15, -0.1) is 11.8 Å². The van der Waals surface area contributed by atoms with Crippen molar-refractivity contribution < 1.29 is 4.74 Å². The molecule has 0 aromatic heterocycles. The predicted octanol–water partition coefficient (Wildman–Crippen LogP) is 4.10. The van der Waals surface area contributed by atoms with E-state index in [0.29, 0.717) is 4.99 Å². The number of thioether (sulfide) groups is 1. The van der Waals surface area contributed by atoms with Crippen LogP contribution in [0.1, 0.15) is 11.1 Å². The first-order valence-corrected chi connectivity index (χ1v) is 8.08. The van der Waals surface area contributed by atoms with Crippen LogP contribution >= 0.6 is 24.0 Å². The van der Waals surface area contributed by atoms with Gasteiger partial charge in [0.15, 0.2) is 0 Å². The van der Waals surface area contributed by atoms with Gasteiger partial charge in [0, 0.05) is 16.1 Å². The monoisotopic (exact) mass is 318 g/mol. The van der Waals surface area contributed by atoms with Crippen molar-refractivity contribution >= 4 is 40.3 Å². The van der Waals surface area contributed by atoms with Gasteiger partial charge in [0.2, 0.25) is 0 Å². The summed E-state index contributed by atoms with van der Waals surface area (Å²) in [5.41, 5.74) is 9.69. The molecule has 0 saturated carbocycles. The molecule has 0 saturated heterocycles. The van der Waals surface area contributed by atoms with Gasteiger partial charge in [-0.05, 0) is 43.0 Å². The molecule has 2 rings (SSSR count). The van der Waals surface area contributed by atoms with Gasteiger partial charge < -0.3 is 15.8 Å². The molecule has 0 aliphatic carbocycles. The van der Waals surface area contributed by atoms with Crippen LogP contribution in [0.5, 0.6) is 5.75 Å². The van der Waals surface area contributed by atoms with Crippen LogP contribution in [0, 0.1) is 6.92 Å². The topological polar surface area (TPSA) is 47.3 Å². The van der Waals surface area contributed by atoms with E-state index in [2.05, 4.69) is 5.32 Å². The second-order valence-corrected chi connectivity index (χ2v) is 5.86. The standard InChI is InChI=1S/C16H18N2OS2/c1-10-7-8-13(19-2)12(9-10)18-11-5-4-6-14(21-3)15(11)16(17)20/h4-9,18H,1-3H3,(H2,17,20). The second kappa shape index (κ2) is 6.83. The number of anilines is 2. The lowest BCUT2D eigenvalue weighted by atomic mass is 10.1. The van der Waals surface area contributed by atoms with E-state index >= 15 is 0 Å². The van der Waals surface area contributed by atoms with Gasteiger partial charge in [0.05, 0.1) is 12.8 Å². The summed E-state index contributed by atoms with van der Waals surface area (Å²) in [6.07, 6.45) is 2.01. The number of nitrogens with one attached hydrogen (secondary N) is 1. The molecule has 2 aromatic rings. The highest BCUT2D eigenvalue weighted by atomic mass is 32.2. The van der Waals surface area contributed by atoms with Crippen LogP contribution in [0.2, 0.25) is 0 Å². The fraction of sp³-hybridized carbons (Fsp3) is 0.188. The van der Waals surface area contributed by atoms with E-state index in [0.717, 1.165) is 33.1 Å². The molecule has 0 unspecified atom stereocenters. The van der Waals surface area contributed by atoms with Crippen molar-refractivity contribution in [3.05, 3.63) is 47.5 Å². The molecular weight excluding hydrogens is 300 g/mol. The van der Waals surface area contributed by atoms with Gasteiger partial charge >= 0.3 is 0 Å². The molecule has 110 valence electrons. The van der Waals surface area contributed by atoms with E-state index in [1.165, 1.54) is 0 Å². The quantitative estimate of drug-likeness (QED) is 0.642. The zero-order valence-electron chi connectivity index (χ0n) is 12.3. The summed E-state index contributed by atoms with van der Waals surface area (Å²) in [4.78, 5) is 1.44. The molecule has 0 aliphatic rings. The summed E-state index contributed by atoms with van der Waals surface area (Å²) in [5, 5.41) is 3.38. The van der Waals surface area contributed by atoms with Crippen LogP contribution in [0.4, 0.5) is 11.4 Å². The molecule has 0 aliphatic heterocycles. The lowest BCUT2D eigenvalue weighted by Gasteiger charge is -2.16. The number of rotatable bonds is 5. The summed E-state index contributed by atoms with van der Waals surface area (Å²) >= 11 is 6.82. The summed E-state index contributed by atoms with van der Waals surface area (Å²) in [6.45, 7) is 2.04. The van der Waals surface area contributed by atoms with Gasteiger partial charge in [0.1, 0.15) is 10.7 Å². The molecule has 0 bridgehead atoms. The minimum atomic E-state index is 0.383. The maximum Gasteiger partial charge on any atom is 0.142 e. The number of methoxy groups -OCH3 is 1. The van der Waals surface area contributed by atoms with Crippen molar-refractivity contribution in [3.8, 4) is 5.75 Å². The summed E-state index contributed by atoms with van der Waals surface area (Å²) in [5.74, 6) is 0.782. The molecule has 3 N–H and O–H groups in total. The largest absolute Gasteiger partial charge is 0.495 e. The van der Waals surface area contributed by atoms with Gasteiger partial charge in [0.25, 0.3) is 0 Å². The highest BCUT2D eigenvalue weighted by Crippen LogP contribution is 2.33. The average Bonchev–Trinajstić information content (AvgIpc) is 2.47. The zero-order valence-corrected chi connectivity index (χ0v) is 13.9. The smallest absolute Gasteiger partial charge is 0.142 e. The molecule has 0 atom stereocenters. The van der Waals surface area contributed by atoms with Crippen LogP contribution in [0.15, 0.2) is 41.3 Å². The molecule has 2 aromatic carbocycles. The number of hydrogen-bond acceptors (Lipinski definition) is 4. The zero-order chi connectivity index (χ0) is 15.4. The minimum Gasteiger partial charge on any atom is -0.495 e. The fourth-order valence-electron chi connectivity index (χ4n) is 2.12. The fourth-order valence-corrected chi connectivity index (χ4v) is 3.05. The third kappa shape index (κ3) is 3.49.